The molecule has 6 aromatic carbocycles. The molecule has 0 N–H and O–H groups in total. The number of fused-ring (bicyclic) bond motifs is 9. The summed E-state index contributed by atoms with van der Waals surface area (Å²) in [6, 6.07) is 46.0. The second kappa shape index (κ2) is 16.5. The van der Waals surface area contributed by atoms with Crippen molar-refractivity contribution in [2.75, 3.05) is 9.80 Å². The van der Waals surface area contributed by atoms with Gasteiger partial charge < -0.3 is 14.2 Å². The Morgan fingerprint density at radius 1 is 0.519 bits per heavy atom. The highest BCUT2D eigenvalue weighted by atomic mass is 16.3. The zero-order chi connectivity index (χ0) is 54.3. The summed E-state index contributed by atoms with van der Waals surface area (Å²) < 4.78 is 7.79. The van der Waals surface area contributed by atoms with Crippen LogP contribution in [0.3, 0.4) is 0 Å². The molecule has 3 heterocycles. The van der Waals surface area contributed by atoms with Crippen molar-refractivity contribution in [1.82, 2.24) is 0 Å². The van der Waals surface area contributed by atoms with Crippen LogP contribution in [0.1, 0.15) is 195 Å². The highest BCUT2D eigenvalue weighted by Gasteiger charge is 2.53. The Kier molecular flexibility index (Phi) is 10.8. The molecule has 0 saturated carbocycles. The molecule has 1 aromatic heterocycles. The molecule has 7 aromatic rings. The summed E-state index contributed by atoms with van der Waals surface area (Å²) in [5.74, 6) is 0. The zero-order valence-corrected chi connectivity index (χ0v) is 49.5. The van der Waals surface area contributed by atoms with E-state index in [9.17, 15) is 0 Å². The molecule has 0 amide bonds. The van der Waals surface area contributed by atoms with Crippen LogP contribution in [-0.2, 0) is 37.9 Å². The number of furan rings is 1. The molecular weight excluding hydrogens is 932 g/mol. The monoisotopic (exact) mass is 1010 g/mol. The van der Waals surface area contributed by atoms with Crippen molar-refractivity contribution in [2.45, 2.75) is 200 Å². The Hall–Kier alpha value is -6.00. The second-order valence-corrected chi connectivity index (χ2v) is 29.8. The van der Waals surface area contributed by atoms with Gasteiger partial charge in [0, 0.05) is 28.0 Å². The van der Waals surface area contributed by atoms with Gasteiger partial charge in [0.2, 0.25) is 0 Å². The van der Waals surface area contributed by atoms with Crippen LogP contribution in [0.2, 0.25) is 0 Å². The van der Waals surface area contributed by atoms with Crippen LogP contribution in [0.5, 0.6) is 0 Å². The van der Waals surface area contributed by atoms with Crippen molar-refractivity contribution < 1.29 is 4.42 Å². The number of benzene rings is 6. The second-order valence-electron chi connectivity index (χ2n) is 29.8. The first-order chi connectivity index (χ1) is 36.2. The van der Waals surface area contributed by atoms with Crippen molar-refractivity contribution >= 4 is 51.6 Å². The molecule has 0 fully saturated rings. The van der Waals surface area contributed by atoms with Crippen molar-refractivity contribution in [1.29, 1.82) is 0 Å². The molecule has 13 rings (SSSR count). The summed E-state index contributed by atoms with van der Waals surface area (Å²) >= 11 is 0. The average Bonchev–Trinajstić information content (AvgIpc) is 4.03. The van der Waals surface area contributed by atoms with E-state index in [4.69, 9.17) is 4.42 Å². The first-order valence-corrected chi connectivity index (χ1v) is 29.4. The predicted octanol–water partition coefficient (Wildman–Crippen LogP) is 18.5. The van der Waals surface area contributed by atoms with Gasteiger partial charge in [0.1, 0.15) is 5.58 Å². The van der Waals surface area contributed by atoms with Gasteiger partial charge in [-0.15, -0.1) is 0 Å². The lowest BCUT2D eigenvalue weighted by Crippen LogP contribution is -2.61. The Labute approximate surface area is 462 Å². The lowest BCUT2D eigenvalue weighted by Gasteiger charge is -2.50. The van der Waals surface area contributed by atoms with Gasteiger partial charge in [0.25, 0.3) is 6.71 Å². The largest absolute Gasteiger partial charge is 0.468 e. The Morgan fingerprint density at radius 3 is 1.71 bits per heavy atom. The minimum atomic E-state index is -0.0987. The molecule has 77 heavy (non-hydrogen) atoms. The van der Waals surface area contributed by atoms with Crippen LogP contribution in [0.15, 0.2) is 142 Å². The standard InChI is InChI=1S/C73H83BN2O/c1-44-35-61-64-62(36-44)76(59-42-56-54(70(9,10)31-33-72(56,13)14)40-50(59)45-21-18-17-19-22-45)60-38-47(46-23-20-24-48(37-46)67(2,3)4)25-28-58(60)74(64)66-65(51-41-55-57(43-63(51)77-66)73(15,16)34-32-71(55,11)12)75(61)49-26-27-52-53(39-49)69(7,8)30-29-68(52,5)6/h17-28,36-43,61H,29-35H2,1-16H3. The van der Waals surface area contributed by atoms with Crippen LogP contribution in [-0.4, -0.2) is 12.8 Å². The van der Waals surface area contributed by atoms with Crippen molar-refractivity contribution in [3.63, 3.8) is 0 Å². The predicted molar refractivity (Wildman–Crippen MR) is 329 cm³/mol. The van der Waals surface area contributed by atoms with Gasteiger partial charge in [-0.3, -0.25) is 0 Å². The van der Waals surface area contributed by atoms with Gasteiger partial charge in [0.05, 0.1) is 23.1 Å². The highest BCUT2D eigenvalue weighted by Crippen LogP contribution is 2.57. The van der Waals surface area contributed by atoms with Crippen LogP contribution in [0.25, 0.3) is 33.2 Å². The number of nitrogens with zero attached hydrogens (tertiary/aromatic N) is 2. The maximum atomic E-state index is 7.79. The van der Waals surface area contributed by atoms with Crippen LogP contribution >= 0.6 is 0 Å². The third-order valence-corrected chi connectivity index (χ3v) is 20.6. The fourth-order valence-electron chi connectivity index (χ4n) is 15.3. The molecule has 3 nitrogen and oxygen atoms in total. The zero-order valence-electron chi connectivity index (χ0n) is 49.5. The maximum absolute atomic E-state index is 7.79. The molecule has 394 valence electrons. The smallest absolute Gasteiger partial charge is 0.292 e. The Balaban J connectivity index is 1.16. The van der Waals surface area contributed by atoms with E-state index in [2.05, 4.69) is 242 Å². The maximum Gasteiger partial charge on any atom is 0.292 e. The summed E-state index contributed by atoms with van der Waals surface area (Å²) in [5.41, 5.74) is 28.1. The number of hydrogen-bond donors (Lipinski definition) is 0. The molecule has 0 spiro atoms. The highest BCUT2D eigenvalue weighted by molar-refractivity contribution is 6.93. The van der Waals surface area contributed by atoms with Gasteiger partial charge >= 0.3 is 0 Å². The molecule has 6 aliphatic rings. The fraction of sp³-hybridized carbons (Fsp3) is 0.425. The van der Waals surface area contributed by atoms with Gasteiger partial charge in [-0.2, -0.15) is 0 Å². The normalized spacial score (nSPS) is 21.8. The van der Waals surface area contributed by atoms with E-state index < -0.39 is 0 Å². The molecule has 1 unspecified atom stereocenters. The van der Waals surface area contributed by atoms with Gasteiger partial charge in [0.15, 0.2) is 0 Å². The summed E-state index contributed by atoms with van der Waals surface area (Å²) in [7, 11) is 0. The van der Waals surface area contributed by atoms with Gasteiger partial charge in [-0.25, -0.2) is 0 Å². The number of rotatable bonds is 4. The SMILES string of the molecule is CC1=CC2=C3B(c4ccc(-c5cccc(C(C)(C)C)c5)cc4N2c2cc4c(cc2-c2ccccc2)C(C)(C)CCC4(C)C)c2oc4cc5c(cc4c2N(c2ccc4c(c2)C(C)(C)CCC4(C)C)C3C1)C(C)(C)CCC5(C)C. The van der Waals surface area contributed by atoms with Crippen LogP contribution in [0.4, 0.5) is 22.7 Å². The van der Waals surface area contributed by atoms with E-state index in [1.54, 1.807) is 0 Å². The van der Waals surface area contributed by atoms with E-state index in [-0.39, 0.29) is 50.7 Å². The lowest BCUT2D eigenvalue weighted by molar-refractivity contribution is 0.332. The molecule has 0 radical (unpaired) electrons. The third-order valence-electron chi connectivity index (χ3n) is 20.6. The summed E-state index contributed by atoms with van der Waals surface area (Å²) in [4.78, 5) is 5.53. The van der Waals surface area contributed by atoms with E-state index in [1.807, 2.05) is 0 Å². The Morgan fingerprint density at radius 2 is 1.08 bits per heavy atom. The summed E-state index contributed by atoms with van der Waals surface area (Å²) in [6.07, 6.45) is 10.5. The van der Waals surface area contributed by atoms with Crippen molar-refractivity contribution in [3.05, 3.63) is 177 Å². The summed E-state index contributed by atoms with van der Waals surface area (Å²) in [5, 5.41) is 1.25. The number of anilines is 4. The van der Waals surface area contributed by atoms with Crippen LogP contribution < -0.4 is 20.9 Å². The topological polar surface area (TPSA) is 19.6 Å². The van der Waals surface area contributed by atoms with E-state index in [0.717, 1.165) is 43.3 Å². The third kappa shape index (κ3) is 7.70. The number of hydrogen-bond acceptors (Lipinski definition) is 3. The molecule has 0 bridgehead atoms. The molecule has 1 atom stereocenters. The minimum absolute atomic E-state index is 0.00574. The minimum Gasteiger partial charge on any atom is -0.468 e. The molecule has 4 aliphatic carbocycles. The molecule has 0 saturated heterocycles. The Bertz CT molecular complexity index is 3690. The lowest BCUT2D eigenvalue weighted by atomic mass is 9.33. The van der Waals surface area contributed by atoms with Gasteiger partial charge in [-0.1, -0.05) is 182 Å². The first-order valence-electron chi connectivity index (χ1n) is 29.4. The summed E-state index contributed by atoms with van der Waals surface area (Å²) in [6.45, 7) is 38.9. The van der Waals surface area contributed by atoms with E-state index in [1.165, 1.54) is 124 Å². The first kappa shape index (κ1) is 50.5. The molecular formula is C73H83BN2O. The molecule has 4 heteroatoms. The number of allylic oxidation sites excluding steroid dienone is 1. The fourth-order valence-corrected chi connectivity index (χ4v) is 15.3. The quantitative estimate of drug-likeness (QED) is 0.164. The average molecular weight is 1020 g/mol. The molecule has 2 aliphatic heterocycles. The van der Waals surface area contributed by atoms with Gasteiger partial charge in [-0.05, 0) is 205 Å². The van der Waals surface area contributed by atoms with Crippen LogP contribution in [0, 0.1) is 0 Å². The van der Waals surface area contributed by atoms with Crippen molar-refractivity contribution in [3.8, 4) is 22.3 Å². The van der Waals surface area contributed by atoms with E-state index in [0.29, 0.717) is 0 Å². The van der Waals surface area contributed by atoms with E-state index >= 15 is 0 Å². The van der Waals surface area contributed by atoms with Crippen molar-refractivity contribution in [2.24, 2.45) is 0 Å².